The van der Waals surface area contributed by atoms with Crippen molar-refractivity contribution in [3.8, 4) is 0 Å². The molecule has 0 spiro atoms. The third-order valence-corrected chi connectivity index (χ3v) is 10.4. The second-order valence-corrected chi connectivity index (χ2v) is 14.3. The van der Waals surface area contributed by atoms with Crippen molar-refractivity contribution in [3.63, 3.8) is 0 Å². The predicted molar refractivity (Wildman–Crippen MR) is 154 cm³/mol. The molecule has 4 N–H and O–H groups in total. The summed E-state index contributed by atoms with van der Waals surface area (Å²) in [5.41, 5.74) is -4.25. The topological polar surface area (TPSA) is 80.9 Å². The van der Waals surface area contributed by atoms with Gasteiger partial charge in [-0.15, -0.1) is 0 Å². The second kappa shape index (κ2) is 12.6. The number of alkyl halides is 6. The van der Waals surface area contributed by atoms with E-state index in [1.807, 2.05) is 19.1 Å². The van der Waals surface area contributed by atoms with Crippen LogP contribution in [0.15, 0.2) is 47.6 Å². The molecule has 3 fully saturated rings. The summed E-state index contributed by atoms with van der Waals surface area (Å²) in [4.78, 5) is 0. The lowest BCUT2D eigenvalue weighted by atomic mass is 9.55. The average Bonchev–Trinajstić information content (AvgIpc) is 3.21. The fourth-order valence-electron chi connectivity index (χ4n) is 8.04. The van der Waals surface area contributed by atoms with Crippen LogP contribution in [0.3, 0.4) is 0 Å². The molecule has 0 bridgehead atoms. The maximum atomic E-state index is 13.4. The number of halogens is 6. The molecule has 10 heteroatoms. The summed E-state index contributed by atoms with van der Waals surface area (Å²) in [5.74, 6) is 0.139. The number of allylic oxidation sites excluding steroid dienone is 4. The smallest absolute Gasteiger partial charge is 0.393 e. The highest BCUT2D eigenvalue weighted by molar-refractivity contribution is 5.38. The van der Waals surface area contributed by atoms with Crippen LogP contribution in [0.4, 0.5) is 26.3 Å². The Balaban J connectivity index is 1.93. The highest BCUT2D eigenvalue weighted by atomic mass is 19.4. The minimum Gasteiger partial charge on any atom is -0.393 e. The van der Waals surface area contributed by atoms with Gasteiger partial charge in [0.15, 0.2) is 0 Å². The Kier molecular flexibility index (Phi) is 10.5. The van der Waals surface area contributed by atoms with Crippen molar-refractivity contribution in [1.82, 2.24) is 0 Å². The molecule has 3 rings (SSSR count). The number of hydrogen-bond acceptors (Lipinski definition) is 4. The van der Waals surface area contributed by atoms with E-state index < -0.39 is 41.2 Å². The van der Waals surface area contributed by atoms with Crippen LogP contribution in [-0.4, -0.2) is 56.2 Å². The van der Waals surface area contributed by atoms with Gasteiger partial charge in [0, 0.05) is 6.42 Å². The van der Waals surface area contributed by atoms with Gasteiger partial charge in [0.1, 0.15) is 0 Å². The molecule has 0 aromatic heterocycles. The highest BCUT2D eigenvalue weighted by Crippen LogP contribution is 2.64. The van der Waals surface area contributed by atoms with E-state index >= 15 is 0 Å². The minimum absolute atomic E-state index is 0.0223. The molecule has 246 valence electrons. The molecule has 0 heterocycles. The van der Waals surface area contributed by atoms with Crippen LogP contribution in [-0.2, 0) is 0 Å². The summed E-state index contributed by atoms with van der Waals surface area (Å²) in [6.45, 7) is 11.4. The van der Waals surface area contributed by atoms with Crippen molar-refractivity contribution >= 4 is 0 Å². The zero-order valence-corrected chi connectivity index (χ0v) is 25.7. The van der Waals surface area contributed by atoms with Gasteiger partial charge in [0.25, 0.3) is 5.60 Å². The van der Waals surface area contributed by atoms with Gasteiger partial charge in [-0.05, 0) is 112 Å². The zero-order chi connectivity index (χ0) is 32.6. The van der Waals surface area contributed by atoms with Crippen LogP contribution in [0.2, 0.25) is 0 Å². The van der Waals surface area contributed by atoms with Crippen molar-refractivity contribution < 1.29 is 46.8 Å². The Hall–Kier alpha value is -1.62. The van der Waals surface area contributed by atoms with Gasteiger partial charge in [0.05, 0.1) is 17.8 Å². The molecule has 6 atom stereocenters. The van der Waals surface area contributed by atoms with E-state index in [0.29, 0.717) is 31.3 Å². The Morgan fingerprint density at radius 1 is 0.953 bits per heavy atom. The van der Waals surface area contributed by atoms with Crippen molar-refractivity contribution in [3.05, 3.63) is 47.6 Å². The number of rotatable bonds is 9. The van der Waals surface area contributed by atoms with Crippen LogP contribution in [0.25, 0.3) is 0 Å². The van der Waals surface area contributed by atoms with Crippen LogP contribution in [0, 0.1) is 22.7 Å². The number of hydrogen-bond donors (Lipinski definition) is 4. The standard InChI is InChI=1S/C33H48F6O4/c1-21-23(19-24(40)20-26(21)41)11-10-22-9-6-17-30(5)25(22)12-13-27(30)29(4,15-7-14-28(2,3)42)16-8-18-31(43,32(34,35)36)33(37,38)39/h8,10-11,18,24-27,40-43H,1,6-7,9,12-17,19-20H2,2-5H3/b18-8+,22-10+,23-11-/t24-,25?,26+,27-,29?,30+/m1/s1. The Labute approximate surface area is 251 Å². The summed E-state index contributed by atoms with van der Waals surface area (Å²) >= 11 is 0. The monoisotopic (exact) mass is 622 g/mol. The highest BCUT2D eigenvalue weighted by Gasteiger charge is 2.69. The molecular formula is C33H48F6O4. The summed E-state index contributed by atoms with van der Waals surface area (Å²) in [6, 6.07) is 0. The van der Waals surface area contributed by atoms with Gasteiger partial charge in [-0.3, -0.25) is 0 Å². The maximum Gasteiger partial charge on any atom is 0.429 e. The fourth-order valence-corrected chi connectivity index (χ4v) is 8.04. The first-order valence-corrected chi connectivity index (χ1v) is 15.2. The maximum absolute atomic E-state index is 13.4. The van der Waals surface area contributed by atoms with E-state index in [9.17, 15) is 46.8 Å². The molecule has 0 aromatic rings. The van der Waals surface area contributed by atoms with Crippen molar-refractivity contribution in [2.75, 3.05) is 0 Å². The Bertz CT molecular complexity index is 1080. The molecule has 0 amide bonds. The van der Waals surface area contributed by atoms with Gasteiger partial charge in [-0.25, -0.2) is 0 Å². The van der Waals surface area contributed by atoms with Gasteiger partial charge in [0.2, 0.25) is 0 Å². The normalized spacial score (nSPS) is 32.9. The van der Waals surface area contributed by atoms with Crippen molar-refractivity contribution in [2.24, 2.45) is 22.7 Å². The second-order valence-electron chi connectivity index (χ2n) is 14.3. The van der Waals surface area contributed by atoms with E-state index in [4.69, 9.17) is 0 Å². The lowest BCUT2D eigenvalue weighted by Crippen LogP contribution is -2.55. The van der Waals surface area contributed by atoms with Gasteiger partial charge in [-0.1, -0.05) is 50.6 Å². The van der Waals surface area contributed by atoms with Crippen LogP contribution in [0.5, 0.6) is 0 Å². The summed E-state index contributed by atoms with van der Waals surface area (Å²) < 4.78 is 80.2. The zero-order valence-electron chi connectivity index (χ0n) is 25.7. The van der Waals surface area contributed by atoms with E-state index in [1.165, 1.54) is 5.57 Å². The molecule has 4 nitrogen and oxygen atoms in total. The first-order valence-electron chi connectivity index (χ1n) is 15.2. The van der Waals surface area contributed by atoms with Crippen molar-refractivity contribution in [1.29, 1.82) is 0 Å². The molecule has 0 aliphatic heterocycles. The first-order chi connectivity index (χ1) is 19.5. The van der Waals surface area contributed by atoms with Crippen LogP contribution in [0.1, 0.15) is 98.3 Å². The van der Waals surface area contributed by atoms with Gasteiger partial charge < -0.3 is 20.4 Å². The van der Waals surface area contributed by atoms with Crippen LogP contribution < -0.4 is 0 Å². The lowest BCUT2D eigenvalue weighted by Gasteiger charge is -2.49. The molecule has 3 aliphatic carbocycles. The predicted octanol–water partition coefficient (Wildman–Crippen LogP) is 7.88. The summed E-state index contributed by atoms with van der Waals surface area (Å²) in [5, 5.41) is 40.3. The molecule has 43 heavy (non-hydrogen) atoms. The first kappa shape index (κ1) is 35.9. The molecule has 3 aliphatic rings. The van der Waals surface area contributed by atoms with Gasteiger partial charge in [-0.2, -0.15) is 26.3 Å². The molecule has 0 saturated heterocycles. The quantitative estimate of drug-likeness (QED) is 0.156. The van der Waals surface area contributed by atoms with Gasteiger partial charge >= 0.3 is 12.4 Å². The minimum atomic E-state index is -5.92. The number of aliphatic hydroxyl groups is 4. The Morgan fingerprint density at radius 3 is 2.16 bits per heavy atom. The largest absolute Gasteiger partial charge is 0.429 e. The Morgan fingerprint density at radius 2 is 1.58 bits per heavy atom. The third kappa shape index (κ3) is 7.79. The molecule has 2 unspecified atom stereocenters. The lowest BCUT2D eigenvalue weighted by molar-refractivity contribution is -0.347. The van der Waals surface area contributed by atoms with E-state index in [-0.39, 0.29) is 36.2 Å². The van der Waals surface area contributed by atoms with Crippen molar-refractivity contribution in [2.45, 2.75) is 134 Å². The third-order valence-electron chi connectivity index (χ3n) is 10.4. The summed E-state index contributed by atoms with van der Waals surface area (Å²) in [6.07, 6.45) is -2.44. The van der Waals surface area contributed by atoms with Crippen LogP contribution >= 0.6 is 0 Å². The molecule has 3 saturated carbocycles. The molecule has 0 aromatic carbocycles. The van der Waals surface area contributed by atoms with E-state index in [2.05, 4.69) is 13.5 Å². The van der Waals surface area contributed by atoms with E-state index in [1.54, 1.807) is 13.8 Å². The number of fused-ring (bicyclic) bond motifs is 1. The fraction of sp³-hybridized carbons (Fsp3) is 0.758. The molecule has 0 radical (unpaired) electrons. The average molecular weight is 623 g/mol. The molecular weight excluding hydrogens is 574 g/mol. The summed E-state index contributed by atoms with van der Waals surface area (Å²) in [7, 11) is 0. The van der Waals surface area contributed by atoms with E-state index in [0.717, 1.165) is 43.8 Å². The number of aliphatic hydroxyl groups excluding tert-OH is 2. The SMILES string of the molecule is C=C1/C(=C\C=C2/CCC[C@@]3(C)C2CC[C@@H]3C(C)(C/C=C/C(O)(C(F)(F)F)C(F)(F)F)CCCC(C)(C)O)C[C@@H](O)C[C@@H]1O.